The van der Waals surface area contributed by atoms with Gasteiger partial charge in [0.25, 0.3) is 0 Å². The van der Waals surface area contributed by atoms with Gasteiger partial charge >= 0.3 is 5.97 Å². The number of rotatable bonds is 5. The van der Waals surface area contributed by atoms with Crippen LogP contribution in [0.25, 0.3) is 11.0 Å². The van der Waals surface area contributed by atoms with Crippen LogP contribution < -0.4 is 5.32 Å². The zero-order chi connectivity index (χ0) is 18.7. The minimum absolute atomic E-state index is 0.0556. The van der Waals surface area contributed by atoms with Gasteiger partial charge in [0, 0.05) is 17.5 Å². The number of carboxylic acid groups (broad SMARTS) is 1. The monoisotopic (exact) mass is 361 g/mol. The number of furan rings is 1. The number of carbonyl (C=O) groups excluding carboxylic acids is 1. The third kappa shape index (κ3) is 2.34. The van der Waals surface area contributed by atoms with Gasteiger partial charge < -0.3 is 19.6 Å². The smallest absolute Gasteiger partial charge is 0.312 e. The van der Waals surface area contributed by atoms with E-state index in [1.807, 2.05) is 0 Å². The normalized spacial score (nSPS) is 28.7. The molecule has 1 aromatic heterocycles. The molecule has 26 heavy (non-hydrogen) atoms. The molecule has 2 N–H and O–H groups in total. The van der Waals surface area contributed by atoms with E-state index in [2.05, 4.69) is 5.32 Å². The van der Waals surface area contributed by atoms with E-state index in [4.69, 9.17) is 9.15 Å². The van der Waals surface area contributed by atoms with Crippen molar-refractivity contribution in [2.75, 3.05) is 6.54 Å². The summed E-state index contributed by atoms with van der Waals surface area (Å²) in [6.45, 7) is 3.82. The molecule has 2 aromatic rings. The molecule has 2 aliphatic heterocycles. The van der Waals surface area contributed by atoms with Crippen LogP contribution >= 0.6 is 0 Å². The number of halogens is 1. The molecule has 1 aromatic carbocycles. The fourth-order valence-corrected chi connectivity index (χ4v) is 4.44. The van der Waals surface area contributed by atoms with Crippen LogP contribution in [-0.4, -0.2) is 34.7 Å². The number of fused-ring (bicyclic) bond motifs is 2. The summed E-state index contributed by atoms with van der Waals surface area (Å²) in [7, 11) is 0. The first-order valence-corrected chi connectivity index (χ1v) is 8.52. The second-order valence-corrected chi connectivity index (χ2v) is 7.89. The maximum Gasteiger partial charge on any atom is 0.312 e. The first-order valence-electron chi connectivity index (χ1n) is 8.52. The number of amides is 1. The molecule has 138 valence electrons. The topological polar surface area (TPSA) is 88.8 Å². The fourth-order valence-electron chi connectivity index (χ4n) is 4.44. The number of aliphatic carboxylic acids is 1. The lowest BCUT2D eigenvalue weighted by atomic mass is 9.56. The summed E-state index contributed by atoms with van der Waals surface area (Å²) in [5.41, 5.74) is -1.13. The Hall–Kier alpha value is -2.41. The molecule has 1 aliphatic carbocycles. The van der Waals surface area contributed by atoms with Crippen molar-refractivity contribution in [1.29, 1.82) is 0 Å². The summed E-state index contributed by atoms with van der Waals surface area (Å²) in [6.07, 6.45) is 2.29. The van der Waals surface area contributed by atoms with Crippen LogP contribution in [0.1, 0.15) is 32.3 Å². The molecule has 3 heterocycles. The number of benzene rings is 1. The summed E-state index contributed by atoms with van der Waals surface area (Å²) >= 11 is 0. The predicted octanol–water partition coefficient (Wildman–Crippen LogP) is 2.64. The molecule has 0 unspecified atom stereocenters. The van der Waals surface area contributed by atoms with Gasteiger partial charge in [0.15, 0.2) is 0 Å². The van der Waals surface area contributed by atoms with Crippen molar-refractivity contribution in [2.24, 2.45) is 5.41 Å². The maximum atomic E-state index is 13.4. The van der Waals surface area contributed by atoms with E-state index in [9.17, 15) is 19.1 Å². The zero-order valence-corrected chi connectivity index (χ0v) is 14.6. The van der Waals surface area contributed by atoms with Crippen LogP contribution in [-0.2, 0) is 20.7 Å². The van der Waals surface area contributed by atoms with E-state index in [1.165, 1.54) is 24.5 Å². The molecule has 5 rings (SSSR count). The van der Waals surface area contributed by atoms with E-state index in [1.54, 1.807) is 13.8 Å². The zero-order valence-electron chi connectivity index (χ0n) is 14.6. The van der Waals surface area contributed by atoms with Crippen LogP contribution in [0.5, 0.6) is 0 Å². The minimum atomic E-state index is -0.879. The summed E-state index contributed by atoms with van der Waals surface area (Å²) < 4.78 is 24.7. The Labute approximate surface area is 149 Å². The number of hydrogen-bond acceptors (Lipinski definition) is 4. The third-order valence-electron chi connectivity index (χ3n) is 5.86. The van der Waals surface area contributed by atoms with Crippen LogP contribution in [0.4, 0.5) is 4.39 Å². The van der Waals surface area contributed by atoms with Crippen molar-refractivity contribution in [2.45, 2.75) is 44.3 Å². The first kappa shape index (κ1) is 17.0. The summed E-state index contributed by atoms with van der Waals surface area (Å²) in [4.78, 5) is 23.9. The molecule has 3 aliphatic rings. The maximum absolute atomic E-state index is 13.4. The molecule has 1 saturated carbocycles. The Morgan fingerprint density at radius 1 is 1.31 bits per heavy atom. The number of ether oxygens (including phenoxy) is 1. The van der Waals surface area contributed by atoms with E-state index >= 15 is 0 Å². The van der Waals surface area contributed by atoms with Gasteiger partial charge in [0.2, 0.25) is 5.91 Å². The number of nitrogens with one attached hydrogen (secondary N) is 1. The van der Waals surface area contributed by atoms with Crippen LogP contribution in [0.15, 0.2) is 28.9 Å². The number of carbonyl (C=O) groups is 2. The van der Waals surface area contributed by atoms with Gasteiger partial charge in [0.05, 0.1) is 23.9 Å². The van der Waals surface area contributed by atoms with E-state index in [-0.39, 0.29) is 24.7 Å². The SMILES string of the molecule is CC1(C)OC2(CNC(=O)Cc3coc4ccc(F)cc34)CC1(C(=O)O)C2. The molecule has 6 nitrogen and oxygen atoms in total. The highest BCUT2D eigenvalue weighted by Crippen LogP contribution is 2.66. The highest BCUT2D eigenvalue weighted by atomic mass is 19.1. The second kappa shape index (κ2) is 5.30. The number of carboxylic acids is 1. The largest absolute Gasteiger partial charge is 0.481 e. The van der Waals surface area contributed by atoms with E-state index < -0.39 is 22.6 Å². The molecule has 0 radical (unpaired) electrons. The average molecular weight is 361 g/mol. The standard InChI is InChI=1S/C19H20FNO5/c1-17(2)19(16(23)24)8-18(9-19,26-17)10-21-15(22)5-11-7-25-14-4-3-12(20)6-13(11)14/h3-4,6-7H,5,8-10H2,1-2H3,(H,21,22)(H,23,24). The molecule has 1 amide bonds. The first-order chi connectivity index (χ1) is 12.2. The van der Waals surface area contributed by atoms with Gasteiger partial charge in [-0.05, 0) is 44.9 Å². The summed E-state index contributed by atoms with van der Waals surface area (Å²) in [6, 6.07) is 4.18. The molecule has 3 fully saturated rings. The Balaban J connectivity index is 1.41. The van der Waals surface area contributed by atoms with Gasteiger partial charge in [0.1, 0.15) is 16.8 Å². The second-order valence-electron chi connectivity index (χ2n) is 7.89. The predicted molar refractivity (Wildman–Crippen MR) is 90.1 cm³/mol. The molecule has 7 heteroatoms. The van der Waals surface area contributed by atoms with Crippen LogP contribution in [0, 0.1) is 11.2 Å². The Morgan fingerprint density at radius 3 is 2.69 bits per heavy atom. The van der Waals surface area contributed by atoms with Gasteiger partial charge in [-0.1, -0.05) is 0 Å². The van der Waals surface area contributed by atoms with Crippen LogP contribution in [0.2, 0.25) is 0 Å². The quantitative estimate of drug-likeness (QED) is 0.855. The Bertz CT molecular complexity index is 910. The summed E-state index contributed by atoms with van der Waals surface area (Å²) in [5, 5.41) is 12.9. The van der Waals surface area contributed by atoms with Crippen molar-refractivity contribution in [3.05, 3.63) is 35.8 Å². The highest BCUT2D eigenvalue weighted by molar-refractivity contribution is 5.87. The molecule has 0 atom stereocenters. The van der Waals surface area contributed by atoms with Gasteiger partial charge in [-0.25, -0.2) is 4.39 Å². The molecule has 2 bridgehead atoms. The van der Waals surface area contributed by atoms with Gasteiger partial charge in [-0.2, -0.15) is 0 Å². The van der Waals surface area contributed by atoms with Crippen LogP contribution in [0.3, 0.4) is 0 Å². The van der Waals surface area contributed by atoms with Gasteiger partial charge in [-0.3, -0.25) is 9.59 Å². The number of hydrogen-bond donors (Lipinski definition) is 2. The Morgan fingerprint density at radius 2 is 2.04 bits per heavy atom. The lowest BCUT2D eigenvalue weighted by Crippen LogP contribution is -2.56. The van der Waals surface area contributed by atoms with E-state index in [0.717, 1.165) is 0 Å². The van der Waals surface area contributed by atoms with Crippen molar-refractivity contribution in [3.63, 3.8) is 0 Å². The van der Waals surface area contributed by atoms with Crippen molar-refractivity contribution in [1.82, 2.24) is 5.32 Å². The average Bonchev–Trinajstić information content (AvgIpc) is 3.09. The fraction of sp³-hybridized carbons (Fsp3) is 0.474. The van der Waals surface area contributed by atoms with E-state index in [0.29, 0.717) is 29.4 Å². The Kier molecular flexibility index (Phi) is 3.47. The van der Waals surface area contributed by atoms with Crippen molar-refractivity contribution in [3.8, 4) is 0 Å². The lowest BCUT2D eigenvalue weighted by Gasteiger charge is -2.43. The van der Waals surface area contributed by atoms with Gasteiger partial charge in [-0.15, -0.1) is 0 Å². The molecular formula is C19H20FNO5. The molecular weight excluding hydrogens is 341 g/mol. The highest BCUT2D eigenvalue weighted by Gasteiger charge is 2.75. The van der Waals surface area contributed by atoms with Crippen molar-refractivity contribution < 1.29 is 28.2 Å². The summed E-state index contributed by atoms with van der Waals surface area (Å²) in [5.74, 6) is -1.48. The molecule has 0 spiro atoms. The third-order valence-corrected chi connectivity index (χ3v) is 5.86. The lowest BCUT2D eigenvalue weighted by molar-refractivity contribution is -0.157. The van der Waals surface area contributed by atoms with Crippen molar-refractivity contribution >= 4 is 22.8 Å². The molecule has 2 saturated heterocycles. The minimum Gasteiger partial charge on any atom is -0.481 e.